The molecule has 1 aliphatic heterocycles. The second kappa shape index (κ2) is 2.04. The van der Waals surface area contributed by atoms with Gasteiger partial charge in [-0.1, -0.05) is 27.2 Å². The summed E-state index contributed by atoms with van der Waals surface area (Å²) in [4.78, 5) is 11.4. The molecule has 0 aromatic carbocycles. The minimum atomic E-state index is 0.0538. The van der Waals surface area contributed by atoms with Gasteiger partial charge in [-0.05, 0) is 18.3 Å². The summed E-state index contributed by atoms with van der Waals surface area (Å²) in [7, 11) is 0. The van der Waals surface area contributed by atoms with Crippen LogP contribution < -0.4 is 5.32 Å². The topological polar surface area (TPSA) is 29.1 Å². The molecule has 0 radical (unpaired) electrons. The van der Waals surface area contributed by atoms with Crippen molar-refractivity contribution >= 4 is 5.91 Å². The van der Waals surface area contributed by atoms with Crippen LogP contribution in [0.25, 0.3) is 0 Å². The predicted molar refractivity (Wildman–Crippen MR) is 47.7 cm³/mol. The first-order valence-electron chi connectivity index (χ1n) is 4.78. The molecular weight excluding hydrogens is 150 g/mol. The van der Waals surface area contributed by atoms with E-state index in [2.05, 4.69) is 26.1 Å². The van der Waals surface area contributed by atoms with Gasteiger partial charge in [-0.3, -0.25) is 4.79 Å². The van der Waals surface area contributed by atoms with Crippen LogP contribution in [0.5, 0.6) is 0 Å². The van der Waals surface area contributed by atoms with Gasteiger partial charge in [-0.15, -0.1) is 0 Å². The van der Waals surface area contributed by atoms with Crippen molar-refractivity contribution in [3.8, 4) is 0 Å². The van der Waals surface area contributed by atoms with E-state index >= 15 is 0 Å². The number of rotatable bonds is 0. The summed E-state index contributed by atoms with van der Waals surface area (Å²) < 4.78 is 0. The van der Waals surface area contributed by atoms with E-state index in [0.717, 1.165) is 12.8 Å². The molecule has 2 aliphatic rings. The third-order valence-corrected chi connectivity index (χ3v) is 3.39. The molecule has 2 fully saturated rings. The van der Waals surface area contributed by atoms with E-state index in [0.29, 0.717) is 11.9 Å². The fourth-order valence-electron chi connectivity index (χ4n) is 2.59. The number of carbonyl (C=O) groups is 1. The highest BCUT2D eigenvalue weighted by atomic mass is 16.2. The van der Waals surface area contributed by atoms with Crippen LogP contribution in [0.15, 0.2) is 0 Å². The van der Waals surface area contributed by atoms with Crippen molar-refractivity contribution in [1.82, 2.24) is 5.32 Å². The SMILES string of the molecule is CC(C)(C)C1NC(=O)C12CCC2. The molecule has 2 heteroatoms. The molecule has 1 saturated heterocycles. The predicted octanol–water partition coefficient (Wildman–Crippen LogP) is 1.70. The average Bonchev–Trinajstić information content (AvgIpc) is 1.76. The second-order valence-electron chi connectivity index (χ2n) is 5.28. The van der Waals surface area contributed by atoms with Crippen LogP contribution in [0.1, 0.15) is 40.0 Å². The third-order valence-electron chi connectivity index (χ3n) is 3.39. The fraction of sp³-hybridized carbons (Fsp3) is 0.900. The minimum Gasteiger partial charge on any atom is -0.351 e. The second-order valence-corrected chi connectivity index (χ2v) is 5.28. The summed E-state index contributed by atoms with van der Waals surface area (Å²) in [5.41, 5.74) is 0.284. The average molecular weight is 167 g/mol. The molecule has 0 aromatic rings. The monoisotopic (exact) mass is 167 g/mol. The molecule has 1 N–H and O–H groups in total. The lowest BCUT2D eigenvalue weighted by molar-refractivity contribution is -0.162. The van der Waals surface area contributed by atoms with Crippen molar-refractivity contribution in [3.63, 3.8) is 0 Å². The molecule has 1 atom stereocenters. The van der Waals surface area contributed by atoms with Gasteiger partial charge in [0.05, 0.1) is 5.41 Å². The summed E-state index contributed by atoms with van der Waals surface area (Å²) in [5.74, 6) is 0.300. The van der Waals surface area contributed by atoms with Gasteiger partial charge in [0.1, 0.15) is 0 Å². The highest BCUT2D eigenvalue weighted by molar-refractivity contribution is 5.91. The Bertz CT molecular complexity index is 222. The maximum atomic E-state index is 11.4. The first-order chi connectivity index (χ1) is 5.47. The van der Waals surface area contributed by atoms with E-state index in [9.17, 15) is 4.79 Å². The van der Waals surface area contributed by atoms with Crippen LogP contribution in [-0.4, -0.2) is 11.9 Å². The van der Waals surface area contributed by atoms with Gasteiger partial charge in [-0.2, -0.15) is 0 Å². The minimum absolute atomic E-state index is 0.0538. The molecule has 68 valence electrons. The van der Waals surface area contributed by atoms with Gasteiger partial charge in [0.25, 0.3) is 0 Å². The van der Waals surface area contributed by atoms with Crippen LogP contribution in [0.4, 0.5) is 0 Å². The van der Waals surface area contributed by atoms with Crippen LogP contribution in [0.2, 0.25) is 0 Å². The van der Waals surface area contributed by atoms with Crippen molar-refractivity contribution in [2.45, 2.75) is 46.1 Å². The molecule has 12 heavy (non-hydrogen) atoms. The zero-order valence-corrected chi connectivity index (χ0v) is 8.11. The van der Waals surface area contributed by atoms with Crippen LogP contribution in [0.3, 0.4) is 0 Å². The largest absolute Gasteiger partial charge is 0.351 e. The van der Waals surface area contributed by atoms with E-state index in [-0.39, 0.29) is 10.8 Å². The number of amides is 1. The Morgan fingerprint density at radius 2 is 2.00 bits per heavy atom. The van der Waals surface area contributed by atoms with Gasteiger partial charge in [-0.25, -0.2) is 0 Å². The van der Waals surface area contributed by atoms with Gasteiger partial charge < -0.3 is 5.32 Å². The zero-order chi connectivity index (χ0) is 8.98. The normalized spacial score (nSPS) is 32.2. The lowest BCUT2D eigenvalue weighted by Crippen LogP contribution is -2.73. The molecule has 1 amide bonds. The lowest BCUT2D eigenvalue weighted by atomic mass is 9.53. The van der Waals surface area contributed by atoms with Crippen LogP contribution >= 0.6 is 0 Å². The first-order valence-corrected chi connectivity index (χ1v) is 4.78. The summed E-state index contributed by atoms with van der Waals surface area (Å²) >= 11 is 0. The number of nitrogens with one attached hydrogen (secondary N) is 1. The fourth-order valence-corrected chi connectivity index (χ4v) is 2.59. The zero-order valence-electron chi connectivity index (χ0n) is 8.11. The smallest absolute Gasteiger partial charge is 0.228 e. The summed E-state index contributed by atoms with van der Waals surface area (Å²) in [6, 6.07) is 0.422. The molecule has 0 aromatic heterocycles. The van der Waals surface area contributed by atoms with Gasteiger partial charge in [0, 0.05) is 6.04 Å². The van der Waals surface area contributed by atoms with Crippen molar-refractivity contribution in [3.05, 3.63) is 0 Å². The number of hydrogen-bond donors (Lipinski definition) is 1. The lowest BCUT2D eigenvalue weighted by Gasteiger charge is -2.59. The number of hydrogen-bond acceptors (Lipinski definition) is 1. The molecule has 2 nitrogen and oxygen atoms in total. The van der Waals surface area contributed by atoms with Gasteiger partial charge in [0.15, 0.2) is 0 Å². The molecule has 1 aliphatic carbocycles. The molecule has 1 spiro atoms. The molecule has 0 bridgehead atoms. The maximum Gasteiger partial charge on any atom is 0.228 e. The maximum absolute atomic E-state index is 11.4. The molecule has 2 rings (SSSR count). The van der Waals surface area contributed by atoms with Crippen molar-refractivity contribution < 1.29 is 4.79 Å². The van der Waals surface area contributed by atoms with Crippen molar-refractivity contribution in [2.75, 3.05) is 0 Å². The summed E-state index contributed by atoms with van der Waals surface area (Å²) in [6.07, 6.45) is 3.46. The Kier molecular flexibility index (Phi) is 1.37. The van der Waals surface area contributed by atoms with E-state index in [4.69, 9.17) is 0 Å². The summed E-state index contributed by atoms with van der Waals surface area (Å²) in [5, 5.41) is 3.04. The van der Waals surface area contributed by atoms with Crippen molar-refractivity contribution in [2.24, 2.45) is 10.8 Å². The van der Waals surface area contributed by atoms with Gasteiger partial charge in [0.2, 0.25) is 5.91 Å². The quantitative estimate of drug-likeness (QED) is 0.547. The Hall–Kier alpha value is -0.530. The van der Waals surface area contributed by atoms with E-state index in [1.165, 1.54) is 6.42 Å². The standard InChI is InChI=1S/C10H17NO/c1-9(2,3)7-10(5-4-6-10)8(12)11-7/h7H,4-6H2,1-3H3,(H,11,12). The molecule has 1 unspecified atom stereocenters. The number of β-lactam (4-membered cyclic amide) rings is 1. The van der Waals surface area contributed by atoms with Crippen LogP contribution in [-0.2, 0) is 4.79 Å². The summed E-state index contributed by atoms with van der Waals surface area (Å²) in [6.45, 7) is 6.62. The first kappa shape index (κ1) is 8.09. The van der Waals surface area contributed by atoms with Crippen molar-refractivity contribution in [1.29, 1.82) is 0 Å². The highest BCUT2D eigenvalue weighted by Crippen LogP contribution is 2.54. The Morgan fingerprint density at radius 3 is 2.17 bits per heavy atom. The Labute approximate surface area is 73.7 Å². The molecule has 1 heterocycles. The number of carbonyl (C=O) groups excluding carboxylic acids is 1. The van der Waals surface area contributed by atoms with Crippen LogP contribution in [0, 0.1) is 10.8 Å². The molecular formula is C10H17NO. The Balaban J connectivity index is 2.16. The Morgan fingerprint density at radius 1 is 1.42 bits per heavy atom. The van der Waals surface area contributed by atoms with E-state index in [1.807, 2.05) is 0 Å². The van der Waals surface area contributed by atoms with Gasteiger partial charge >= 0.3 is 0 Å². The highest BCUT2D eigenvalue weighted by Gasteiger charge is 2.61. The molecule has 1 saturated carbocycles. The van der Waals surface area contributed by atoms with E-state index in [1.54, 1.807) is 0 Å². The van der Waals surface area contributed by atoms with E-state index < -0.39 is 0 Å². The third kappa shape index (κ3) is 0.782.